The predicted molar refractivity (Wildman–Crippen MR) is 89.8 cm³/mol. The smallest absolute Gasteiger partial charge is 0.231 e. The van der Waals surface area contributed by atoms with E-state index in [1.165, 1.54) is 0 Å². The van der Waals surface area contributed by atoms with Crippen molar-refractivity contribution in [1.82, 2.24) is 24.3 Å². The molecule has 1 spiro atoms. The Labute approximate surface area is 142 Å². The predicted octanol–water partition coefficient (Wildman–Crippen LogP) is 1.44. The van der Waals surface area contributed by atoms with Gasteiger partial charge in [-0.1, -0.05) is 6.07 Å². The molecule has 6 heteroatoms. The maximum atomic E-state index is 12.7. The van der Waals surface area contributed by atoms with Crippen LogP contribution in [-0.2, 0) is 24.9 Å². The Hall–Kier alpha value is -2.21. The lowest BCUT2D eigenvalue weighted by atomic mass is 9.71. The van der Waals surface area contributed by atoms with E-state index in [-0.39, 0.29) is 5.41 Å². The fourth-order valence-corrected chi connectivity index (χ4v) is 3.85. The first kappa shape index (κ1) is 15.3. The lowest BCUT2D eigenvalue weighted by Gasteiger charge is -2.52. The highest BCUT2D eigenvalue weighted by atomic mass is 16.2. The van der Waals surface area contributed by atoms with Crippen molar-refractivity contribution in [2.75, 3.05) is 19.6 Å². The molecule has 2 aliphatic heterocycles. The second-order valence-corrected chi connectivity index (χ2v) is 7.03. The zero-order valence-electron chi connectivity index (χ0n) is 14.1. The van der Waals surface area contributed by atoms with Crippen LogP contribution in [0, 0.1) is 5.41 Å². The number of imidazole rings is 1. The molecule has 126 valence electrons. The topological polar surface area (TPSA) is 54.3 Å². The van der Waals surface area contributed by atoms with Crippen molar-refractivity contribution in [3.63, 3.8) is 0 Å². The largest absolute Gasteiger partial charge is 0.337 e. The number of likely N-dealkylation sites (tertiary alicyclic amines) is 2. The summed E-state index contributed by atoms with van der Waals surface area (Å²) >= 11 is 0. The number of rotatable bonds is 4. The zero-order chi connectivity index (χ0) is 16.6. The Balaban J connectivity index is 1.31. The van der Waals surface area contributed by atoms with Crippen LogP contribution in [0.15, 0.2) is 36.9 Å². The van der Waals surface area contributed by atoms with Crippen molar-refractivity contribution in [2.45, 2.75) is 25.9 Å². The summed E-state index contributed by atoms with van der Waals surface area (Å²) < 4.78 is 2.06. The van der Waals surface area contributed by atoms with Gasteiger partial charge in [-0.2, -0.15) is 0 Å². The SMILES string of the molecule is Cn1ccnc1CN1CCC2(CC1)CN(Cc1cccnc1)C2=O. The molecule has 1 amide bonds. The van der Waals surface area contributed by atoms with Gasteiger partial charge in [-0.3, -0.25) is 14.7 Å². The van der Waals surface area contributed by atoms with Crippen LogP contribution in [0.3, 0.4) is 0 Å². The third-order valence-corrected chi connectivity index (χ3v) is 5.43. The Morgan fingerprint density at radius 3 is 2.67 bits per heavy atom. The fourth-order valence-electron chi connectivity index (χ4n) is 3.85. The van der Waals surface area contributed by atoms with Crippen molar-refractivity contribution in [1.29, 1.82) is 0 Å². The minimum atomic E-state index is -0.111. The first-order chi connectivity index (χ1) is 11.7. The second kappa shape index (κ2) is 6.02. The molecule has 0 radical (unpaired) electrons. The van der Waals surface area contributed by atoms with Gasteiger partial charge in [-0.05, 0) is 37.6 Å². The normalized spacial score (nSPS) is 20.4. The average molecular weight is 325 g/mol. The van der Waals surface area contributed by atoms with Gasteiger partial charge in [-0.25, -0.2) is 4.98 Å². The molecule has 0 saturated carbocycles. The third-order valence-electron chi connectivity index (χ3n) is 5.43. The molecule has 2 aromatic heterocycles. The van der Waals surface area contributed by atoms with Crippen molar-refractivity contribution in [2.24, 2.45) is 12.5 Å². The van der Waals surface area contributed by atoms with E-state index in [1.807, 2.05) is 42.7 Å². The number of carbonyl (C=O) groups is 1. The monoisotopic (exact) mass is 325 g/mol. The van der Waals surface area contributed by atoms with E-state index in [1.54, 1.807) is 6.20 Å². The van der Waals surface area contributed by atoms with Crippen LogP contribution in [0.4, 0.5) is 0 Å². The van der Waals surface area contributed by atoms with Crippen molar-refractivity contribution < 1.29 is 4.79 Å². The van der Waals surface area contributed by atoms with Crippen LogP contribution in [-0.4, -0.2) is 49.9 Å². The summed E-state index contributed by atoms with van der Waals surface area (Å²) in [5.41, 5.74) is 0.994. The van der Waals surface area contributed by atoms with E-state index in [4.69, 9.17) is 0 Å². The summed E-state index contributed by atoms with van der Waals surface area (Å²) in [6, 6.07) is 3.95. The molecule has 4 rings (SSSR count). The van der Waals surface area contributed by atoms with Gasteiger partial charge in [0.15, 0.2) is 0 Å². The van der Waals surface area contributed by atoms with Gasteiger partial charge in [0.25, 0.3) is 0 Å². The van der Waals surface area contributed by atoms with E-state index in [0.29, 0.717) is 12.5 Å². The average Bonchev–Trinajstić information content (AvgIpc) is 3.01. The number of nitrogens with zero attached hydrogens (tertiary/aromatic N) is 5. The van der Waals surface area contributed by atoms with E-state index in [2.05, 4.69) is 19.4 Å². The van der Waals surface area contributed by atoms with Crippen LogP contribution < -0.4 is 0 Å². The zero-order valence-corrected chi connectivity index (χ0v) is 14.1. The van der Waals surface area contributed by atoms with Crippen molar-refractivity contribution >= 4 is 5.91 Å². The van der Waals surface area contributed by atoms with Crippen LogP contribution in [0.5, 0.6) is 0 Å². The quantitative estimate of drug-likeness (QED) is 0.798. The molecule has 0 aromatic carbocycles. The number of pyridine rings is 1. The van der Waals surface area contributed by atoms with E-state index >= 15 is 0 Å². The van der Waals surface area contributed by atoms with Crippen LogP contribution >= 0.6 is 0 Å². The van der Waals surface area contributed by atoms with Gasteiger partial charge < -0.3 is 9.47 Å². The van der Waals surface area contributed by atoms with Crippen LogP contribution in [0.25, 0.3) is 0 Å². The van der Waals surface area contributed by atoms with E-state index in [9.17, 15) is 4.79 Å². The number of β-lactam (4-membered cyclic amide) rings is 1. The molecule has 2 aromatic rings. The molecule has 0 unspecified atom stereocenters. The Bertz CT molecular complexity index is 718. The van der Waals surface area contributed by atoms with Crippen LogP contribution in [0.1, 0.15) is 24.2 Å². The highest BCUT2D eigenvalue weighted by Crippen LogP contribution is 2.42. The Morgan fingerprint density at radius 2 is 2.04 bits per heavy atom. The second-order valence-electron chi connectivity index (χ2n) is 7.03. The van der Waals surface area contributed by atoms with Gasteiger partial charge in [0.05, 0.1) is 12.0 Å². The molecule has 2 saturated heterocycles. The fraction of sp³-hybridized carbons (Fsp3) is 0.500. The molecular weight excluding hydrogens is 302 g/mol. The maximum absolute atomic E-state index is 12.7. The van der Waals surface area contributed by atoms with Gasteiger partial charge in [0.1, 0.15) is 5.82 Å². The van der Waals surface area contributed by atoms with Gasteiger partial charge in [-0.15, -0.1) is 0 Å². The molecule has 0 atom stereocenters. The number of carbonyl (C=O) groups excluding carboxylic acids is 1. The molecular formula is C18H23N5O. The van der Waals surface area contributed by atoms with Gasteiger partial charge >= 0.3 is 0 Å². The maximum Gasteiger partial charge on any atom is 0.231 e. The summed E-state index contributed by atoms with van der Waals surface area (Å²) in [5.74, 6) is 1.41. The highest BCUT2D eigenvalue weighted by molar-refractivity contribution is 5.88. The van der Waals surface area contributed by atoms with Crippen molar-refractivity contribution in [3.8, 4) is 0 Å². The lowest BCUT2D eigenvalue weighted by molar-refractivity contribution is -0.166. The highest BCUT2D eigenvalue weighted by Gasteiger charge is 2.52. The summed E-state index contributed by atoms with van der Waals surface area (Å²) in [6.45, 7) is 4.38. The molecule has 0 N–H and O–H groups in total. The molecule has 4 heterocycles. The number of amides is 1. The molecule has 6 nitrogen and oxygen atoms in total. The van der Waals surface area contributed by atoms with Crippen molar-refractivity contribution in [3.05, 3.63) is 48.3 Å². The molecule has 24 heavy (non-hydrogen) atoms. The first-order valence-corrected chi connectivity index (χ1v) is 8.53. The lowest BCUT2D eigenvalue weighted by Crippen LogP contribution is -2.64. The molecule has 2 fully saturated rings. The van der Waals surface area contributed by atoms with Crippen LogP contribution in [0.2, 0.25) is 0 Å². The molecule has 0 aliphatic carbocycles. The molecule has 0 bridgehead atoms. The minimum absolute atomic E-state index is 0.111. The summed E-state index contributed by atoms with van der Waals surface area (Å²) in [4.78, 5) is 25.6. The Kier molecular flexibility index (Phi) is 3.84. The summed E-state index contributed by atoms with van der Waals surface area (Å²) in [7, 11) is 2.03. The van der Waals surface area contributed by atoms with Gasteiger partial charge in [0, 0.05) is 44.9 Å². The summed E-state index contributed by atoms with van der Waals surface area (Å²) in [6.07, 6.45) is 9.34. The first-order valence-electron chi connectivity index (χ1n) is 8.53. The standard InChI is InChI=1S/C18H23N5O/c1-21-10-7-20-16(21)13-22-8-4-18(5-9-22)14-23(17(18)24)12-15-3-2-6-19-11-15/h2-3,6-7,10-11H,4-5,8-9,12-14H2,1H3. The number of hydrogen-bond acceptors (Lipinski definition) is 4. The number of piperidine rings is 1. The van der Waals surface area contributed by atoms with E-state index in [0.717, 1.165) is 50.4 Å². The minimum Gasteiger partial charge on any atom is -0.337 e. The third kappa shape index (κ3) is 2.71. The number of aryl methyl sites for hydroxylation is 1. The molecule has 2 aliphatic rings. The van der Waals surface area contributed by atoms with E-state index < -0.39 is 0 Å². The Morgan fingerprint density at radius 1 is 1.21 bits per heavy atom. The number of hydrogen-bond donors (Lipinski definition) is 0. The summed E-state index contributed by atoms with van der Waals surface area (Å²) in [5, 5.41) is 0. The number of aromatic nitrogens is 3. The van der Waals surface area contributed by atoms with Gasteiger partial charge in [0.2, 0.25) is 5.91 Å².